The van der Waals surface area contributed by atoms with Crippen LogP contribution in [0.15, 0.2) is 26.7 Å². The summed E-state index contributed by atoms with van der Waals surface area (Å²) >= 11 is 5.18. The van der Waals surface area contributed by atoms with Crippen LogP contribution < -0.4 is 25.5 Å². The Labute approximate surface area is 224 Å². The molecule has 3 aliphatic heterocycles. The number of halogens is 1. The first-order chi connectivity index (χ1) is 17.1. The van der Waals surface area contributed by atoms with E-state index in [2.05, 4.69) is 31.1 Å². The second-order valence-electron chi connectivity index (χ2n) is 10.7. The Morgan fingerprint density at radius 3 is 2.89 bits per heavy atom. The lowest BCUT2D eigenvalue weighted by molar-refractivity contribution is 0.155. The first kappa shape index (κ1) is 25.5. The van der Waals surface area contributed by atoms with Crippen molar-refractivity contribution in [3.05, 3.63) is 22.3 Å². The van der Waals surface area contributed by atoms with Gasteiger partial charge in [-0.25, -0.2) is 14.8 Å². The third kappa shape index (κ3) is 5.87. The number of nitrogens with two attached hydrogens (primary N) is 1. The molecule has 196 valence electrons. The fourth-order valence-electron chi connectivity index (χ4n) is 4.82. The predicted molar refractivity (Wildman–Crippen MR) is 142 cm³/mol. The maximum atomic E-state index is 12.7. The van der Waals surface area contributed by atoms with Crippen LogP contribution in [0.25, 0.3) is 0 Å². The summed E-state index contributed by atoms with van der Waals surface area (Å²) in [4.78, 5) is 26.2. The average Bonchev–Trinajstić information content (AvgIpc) is 3.42. The van der Waals surface area contributed by atoms with E-state index in [4.69, 9.17) is 20.3 Å². The van der Waals surface area contributed by atoms with Crippen molar-refractivity contribution >= 4 is 39.5 Å². The molecule has 0 radical (unpaired) electrons. The number of likely N-dealkylation sites (tertiary alicyclic amines) is 1. The van der Waals surface area contributed by atoms with Gasteiger partial charge in [0, 0.05) is 34.5 Å². The molecule has 1 fully saturated rings. The number of ether oxygens (including phenoxy) is 2. The van der Waals surface area contributed by atoms with Crippen molar-refractivity contribution in [1.82, 2.24) is 25.2 Å². The van der Waals surface area contributed by atoms with E-state index >= 15 is 0 Å². The minimum absolute atomic E-state index is 0.0317. The molecule has 36 heavy (non-hydrogen) atoms. The lowest BCUT2D eigenvalue weighted by Crippen LogP contribution is -2.51. The van der Waals surface area contributed by atoms with Crippen LogP contribution in [0.3, 0.4) is 0 Å². The van der Waals surface area contributed by atoms with E-state index < -0.39 is 0 Å². The van der Waals surface area contributed by atoms with Crippen molar-refractivity contribution in [2.45, 2.75) is 62.2 Å². The van der Waals surface area contributed by atoms with Gasteiger partial charge in [-0.2, -0.15) is 0 Å². The number of piperidine rings is 1. The Morgan fingerprint density at radius 2 is 2.11 bits per heavy atom. The number of amides is 2. The highest BCUT2D eigenvalue weighted by atomic mass is 79.9. The third-order valence-electron chi connectivity index (χ3n) is 6.48. The summed E-state index contributed by atoms with van der Waals surface area (Å²) < 4.78 is 11.9. The van der Waals surface area contributed by atoms with Crippen molar-refractivity contribution in [2.24, 2.45) is 11.8 Å². The van der Waals surface area contributed by atoms with Gasteiger partial charge in [-0.15, -0.1) is 0 Å². The smallest absolute Gasteiger partial charge is 0.317 e. The molecule has 1 aromatic heterocycles. The van der Waals surface area contributed by atoms with Crippen LogP contribution in [0.2, 0.25) is 0 Å². The van der Waals surface area contributed by atoms with Crippen molar-refractivity contribution in [1.29, 1.82) is 0 Å². The van der Waals surface area contributed by atoms with Crippen molar-refractivity contribution in [2.75, 3.05) is 38.0 Å². The van der Waals surface area contributed by atoms with E-state index in [0.717, 1.165) is 76.4 Å². The number of hydrogen-bond donors (Lipinski definition) is 3. The molecule has 3 aliphatic rings. The number of hydrogen-bond acceptors (Lipinski definition) is 8. The minimum Gasteiger partial charge on any atom is -0.454 e. The highest BCUT2D eigenvalue weighted by Crippen LogP contribution is 2.43. The zero-order valence-corrected chi connectivity index (χ0v) is 23.4. The highest BCUT2D eigenvalue weighted by molar-refractivity contribution is 9.10. The molecule has 12 heteroatoms. The maximum Gasteiger partial charge on any atom is 0.317 e. The number of carbonyl (C=O) groups excluding carboxylic acids is 1. The number of hydrazine groups is 1. The molecular formula is C24H34BrN7O3S. The zero-order chi connectivity index (χ0) is 25.4. The summed E-state index contributed by atoms with van der Waals surface area (Å²) in [5.74, 6) is 9.15. The number of rotatable bonds is 5. The molecule has 0 bridgehead atoms. The number of fused-ring (bicyclic) bond motifs is 2. The summed E-state index contributed by atoms with van der Waals surface area (Å²) in [5, 5.41) is 5.70. The molecule has 1 saturated heterocycles. The molecule has 2 aromatic rings. The molecule has 0 saturated carbocycles. The van der Waals surface area contributed by atoms with Gasteiger partial charge in [0.25, 0.3) is 0 Å². The SMILES string of the molecule is CC(C)(C)NC(=O)N1CCCC(CCN2CN(N)Cc3[nH]c(Sc4cc5c(cc4Br)OCO5)nc32)C1. The summed E-state index contributed by atoms with van der Waals surface area (Å²) in [6, 6.07) is 3.93. The minimum atomic E-state index is -0.231. The quantitative estimate of drug-likeness (QED) is 0.453. The standard InChI is InChI=1S/C24H34BrN7O3S/c1-24(2,3)29-23(33)30-7-4-5-15(11-30)6-8-31-13-32(26)12-17-21(31)28-22(27-17)36-20-10-19-18(9-16(20)25)34-14-35-19/h9-10,15H,4-8,11-14,26H2,1-3H3,(H,27,28)(H,29,33). The molecule has 0 aliphatic carbocycles. The summed E-state index contributed by atoms with van der Waals surface area (Å²) in [5.41, 5.74) is 0.781. The highest BCUT2D eigenvalue weighted by Gasteiger charge is 2.29. The van der Waals surface area contributed by atoms with E-state index in [-0.39, 0.29) is 18.4 Å². The fourth-order valence-corrected chi connectivity index (χ4v) is 6.22. The number of carbonyl (C=O) groups is 1. The molecule has 1 aromatic carbocycles. The molecule has 10 nitrogen and oxygen atoms in total. The molecule has 2 amide bonds. The average molecular weight is 581 g/mol. The van der Waals surface area contributed by atoms with Gasteiger partial charge in [-0.1, -0.05) is 11.8 Å². The van der Waals surface area contributed by atoms with Gasteiger partial charge in [-0.05, 0) is 74.0 Å². The second-order valence-corrected chi connectivity index (χ2v) is 12.5. The third-order valence-corrected chi connectivity index (χ3v) is 8.34. The number of H-pyrrole nitrogens is 1. The van der Waals surface area contributed by atoms with Crippen molar-refractivity contribution < 1.29 is 14.3 Å². The van der Waals surface area contributed by atoms with Crippen molar-refractivity contribution in [3.63, 3.8) is 0 Å². The number of aromatic amines is 1. The summed E-state index contributed by atoms with van der Waals surface area (Å²) in [6.07, 6.45) is 3.14. The fraction of sp³-hybridized carbons (Fsp3) is 0.583. The Bertz CT molecular complexity index is 1120. The van der Waals surface area contributed by atoms with Crippen LogP contribution in [0.1, 0.15) is 45.7 Å². The lowest BCUT2D eigenvalue weighted by atomic mass is 9.94. The van der Waals surface area contributed by atoms with Gasteiger partial charge in [0.1, 0.15) is 0 Å². The number of aromatic nitrogens is 2. The Hall–Kier alpha value is -2.15. The Morgan fingerprint density at radius 1 is 1.33 bits per heavy atom. The van der Waals surface area contributed by atoms with Crippen LogP contribution in [-0.4, -0.2) is 64.5 Å². The normalized spacial score (nSPS) is 20.0. The predicted octanol–water partition coefficient (Wildman–Crippen LogP) is 4.12. The number of imidazole rings is 1. The molecule has 4 N–H and O–H groups in total. The van der Waals surface area contributed by atoms with Crippen molar-refractivity contribution in [3.8, 4) is 11.5 Å². The van der Waals surface area contributed by atoms with Gasteiger partial charge < -0.3 is 29.6 Å². The first-order valence-electron chi connectivity index (χ1n) is 12.3. The van der Waals surface area contributed by atoms with Gasteiger partial charge in [0.2, 0.25) is 6.79 Å². The molecule has 1 atom stereocenters. The monoisotopic (exact) mass is 579 g/mol. The van der Waals surface area contributed by atoms with Crippen LogP contribution in [-0.2, 0) is 6.54 Å². The van der Waals surface area contributed by atoms with Gasteiger partial charge >= 0.3 is 6.03 Å². The van der Waals surface area contributed by atoms with Crippen LogP contribution in [0, 0.1) is 5.92 Å². The van der Waals surface area contributed by atoms with Gasteiger partial charge in [-0.3, -0.25) is 5.84 Å². The van der Waals surface area contributed by atoms with Crippen LogP contribution in [0.4, 0.5) is 10.6 Å². The van der Waals surface area contributed by atoms with E-state index in [9.17, 15) is 4.79 Å². The number of nitrogens with zero attached hydrogens (tertiary/aromatic N) is 4. The largest absolute Gasteiger partial charge is 0.454 e. The van der Waals surface area contributed by atoms with E-state index in [0.29, 0.717) is 19.1 Å². The summed E-state index contributed by atoms with van der Waals surface area (Å²) in [6.45, 7) is 9.96. The van der Waals surface area contributed by atoms with E-state index in [1.807, 2.05) is 37.8 Å². The van der Waals surface area contributed by atoms with Crippen LogP contribution >= 0.6 is 27.7 Å². The van der Waals surface area contributed by atoms with E-state index in [1.165, 1.54) is 0 Å². The Balaban J connectivity index is 1.23. The number of urea groups is 1. The number of benzene rings is 1. The zero-order valence-electron chi connectivity index (χ0n) is 21.0. The molecular weight excluding hydrogens is 546 g/mol. The lowest BCUT2D eigenvalue weighted by Gasteiger charge is -2.37. The molecule has 4 heterocycles. The Kier molecular flexibility index (Phi) is 7.30. The van der Waals surface area contributed by atoms with E-state index in [1.54, 1.807) is 16.8 Å². The second kappa shape index (κ2) is 10.3. The topological polar surface area (TPSA) is 112 Å². The summed E-state index contributed by atoms with van der Waals surface area (Å²) in [7, 11) is 0. The van der Waals surface area contributed by atoms with Crippen LogP contribution in [0.5, 0.6) is 11.5 Å². The van der Waals surface area contributed by atoms with Gasteiger partial charge in [0.05, 0.1) is 18.9 Å². The first-order valence-corrected chi connectivity index (χ1v) is 13.9. The molecule has 1 unspecified atom stereocenters. The number of nitrogens with one attached hydrogen (secondary N) is 2. The number of anilines is 1. The molecule has 5 rings (SSSR count). The molecule has 0 spiro atoms. The van der Waals surface area contributed by atoms with Gasteiger partial charge in [0.15, 0.2) is 22.5 Å². The maximum absolute atomic E-state index is 12.7.